The lowest BCUT2D eigenvalue weighted by molar-refractivity contribution is 0.319. The highest BCUT2D eigenvalue weighted by Gasteiger charge is 2.82. The minimum Gasteiger partial charge on any atom is -0.0806 e. The Kier molecular flexibility index (Phi) is 2.82. The van der Waals surface area contributed by atoms with Gasteiger partial charge in [-0.3, -0.25) is 0 Å². The second-order valence-corrected chi connectivity index (χ2v) is 19.5. The summed E-state index contributed by atoms with van der Waals surface area (Å²) in [5.41, 5.74) is 24.5. The second kappa shape index (κ2) is 6.08. The third-order valence-electron chi connectivity index (χ3n) is 18.8. The van der Waals surface area contributed by atoms with E-state index in [9.17, 15) is 0 Å². The molecule has 6 aromatic carbocycles. The van der Waals surface area contributed by atoms with E-state index in [0.717, 1.165) is 17.8 Å². The first-order valence-corrected chi connectivity index (χ1v) is 20.2. The Morgan fingerprint density at radius 1 is 0.755 bits per heavy atom. The molecule has 0 saturated heterocycles. The molecule has 1 spiro atoms. The number of rotatable bonds is 3. The number of allylic oxidation sites excluding steroid dienone is 4. The van der Waals surface area contributed by atoms with Crippen LogP contribution in [0, 0.1) is 23.7 Å². The fourth-order valence-corrected chi connectivity index (χ4v) is 18.6. The smallest absolute Gasteiger partial charge is 0.0149 e. The molecule has 230 valence electrons. The molecule has 0 bridgehead atoms. The van der Waals surface area contributed by atoms with Crippen molar-refractivity contribution in [1.29, 1.82) is 0 Å². The van der Waals surface area contributed by atoms with Crippen LogP contribution in [0.1, 0.15) is 124 Å². The van der Waals surface area contributed by atoms with Gasteiger partial charge in [-0.1, -0.05) is 67.5 Å². The normalized spacial score (nSPS) is 41.5. The molecule has 2 fully saturated rings. The van der Waals surface area contributed by atoms with Gasteiger partial charge in [-0.05, 0) is 177 Å². The average molecular weight is 623 g/mol. The summed E-state index contributed by atoms with van der Waals surface area (Å²) in [7, 11) is 0. The van der Waals surface area contributed by atoms with E-state index in [1.807, 2.05) is 82.2 Å². The van der Waals surface area contributed by atoms with E-state index >= 15 is 0 Å². The molecule has 2 saturated carbocycles. The van der Waals surface area contributed by atoms with Gasteiger partial charge in [-0.25, -0.2) is 0 Å². The Hall–Kier alpha value is -3.90. The number of hydrogen-bond donors (Lipinski definition) is 0. The van der Waals surface area contributed by atoms with Crippen molar-refractivity contribution in [3.05, 3.63) is 115 Å². The maximum absolute atomic E-state index is 2.97. The lowest BCUT2D eigenvalue weighted by Gasteiger charge is -2.44. The van der Waals surface area contributed by atoms with Crippen molar-refractivity contribution < 1.29 is 0 Å². The summed E-state index contributed by atoms with van der Waals surface area (Å²) in [5, 5.41) is 16.3. The number of hydrogen-bond acceptors (Lipinski definition) is 0. The molecule has 49 heavy (non-hydrogen) atoms. The van der Waals surface area contributed by atoms with Gasteiger partial charge in [0.15, 0.2) is 0 Å². The van der Waals surface area contributed by atoms with Crippen molar-refractivity contribution in [2.75, 3.05) is 0 Å². The first kappa shape index (κ1) is 22.7. The van der Waals surface area contributed by atoms with Crippen LogP contribution in [0.25, 0.3) is 54.2 Å². The molecule has 0 N–H and O–H groups in total. The fourth-order valence-electron chi connectivity index (χ4n) is 18.6. The highest BCUT2D eigenvalue weighted by atomic mass is 14.8. The van der Waals surface area contributed by atoms with Gasteiger partial charge in [0.2, 0.25) is 0 Å². The van der Waals surface area contributed by atoms with E-state index in [1.165, 1.54) is 44.9 Å². The zero-order valence-corrected chi connectivity index (χ0v) is 27.8. The number of fused-ring (bicyclic) bond motifs is 1. The van der Waals surface area contributed by atoms with Crippen LogP contribution in [-0.2, 0) is 23.7 Å². The summed E-state index contributed by atoms with van der Waals surface area (Å²) < 4.78 is 0. The van der Waals surface area contributed by atoms with Gasteiger partial charge in [-0.15, -0.1) is 0 Å². The van der Waals surface area contributed by atoms with Crippen LogP contribution in [0.4, 0.5) is 0 Å². The second-order valence-electron chi connectivity index (χ2n) is 19.5. The Morgan fingerprint density at radius 3 is 2.57 bits per heavy atom. The van der Waals surface area contributed by atoms with Gasteiger partial charge in [-0.2, -0.15) is 0 Å². The Morgan fingerprint density at radius 2 is 1.65 bits per heavy atom. The molecule has 11 unspecified atom stereocenters. The molecule has 12 aliphatic rings. The molecule has 0 nitrogen and oxygen atoms in total. The fraction of sp³-hybridized carbons (Fsp3) is 0.388. The molecule has 18 rings (SSSR count). The topological polar surface area (TPSA) is 0 Å². The third-order valence-corrected chi connectivity index (χ3v) is 18.8. The van der Waals surface area contributed by atoms with E-state index in [0.29, 0.717) is 35.5 Å². The van der Waals surface area contributed by atoms with Crippen LogP contribution in [0.2, 0.25) is 0 Å². The van der Waals surface area contributed by atoms with Gasteiger partial charge in [0.05, 0.1) is 0 Å². The van der Waals surface area contributed by atoms with Gasteiger partial charge in [0, 0.05) is 40.4 Å². The van der Waals surface area contributed by atoms with Gasteiger partial charge >= 0.3 is 0 Å². The standard InChI is InChI=1S/C49H34/c1-2-8-48(24-6-4-3-5-7-24)47-25-15-22-13-19-11-20-10-17-9-18-12-21-14-23-16-49(47,48)46-32(23)37-31(21)36-27(18)26(17)34-30(20)35-28(19)29(22)38-33(25)45(46)44-42(37)40(36)39(34)41(35)43(38)44/h3-7,10,12,15,19,21-23,27-28,31,36,47H,2,8-9,11,13-14,16H2,1H3. The molecule has 6 aromatic rings. The first-order chi connectivity index (χ1) is 24.3. The van der Waals surface area contributed by atoms with Crippen LogP contribution >= 0.6 is 0 Å². The Labute approximate surface area is 284 Å². The van der Waals surface area contributed by atoms with Crippen molar-refractivity contribution in [3.63, 3.8) is 0 Å². The molecule has 0 heterocycles. The number of benzene rings is 4. The van der Waals surface area contributed by atoms with Crippen molar-refractivity contribution in [2.45, 2.75) is 92.3 Å². The third kappa shape index (κ3) is 1.67. The lowest BCUT2D eigenvalue weighted by Crippen LogP contribution is -2.31. The van der Waals surface area contributed by atoms with Crippen LogP contribution in [-0.4, -0.2) is 0 Å². The lowest BCUT2D eigenvalue weighted by atomic mass is 9.59. The van der Waals surface area contributed by atoms with E-state index in [-0.39, 0.29) is 10.8 Å². The molecule has 0 aliphatic heterocycles. The molecule has 0 radical (unpaired) electrons. The molecule has 0 amide bonds. The maximum Gasteiger partial charge on any atom is 0.0149 e. The van der Waals surface area contributed by atoms with Crippen LogP contribution < -0.4 is 5.22 Å². The summed E-state index contributed by atoms with van der Waals surface area (Å²) in [4.78, 5) is 0. The molecular weight excluding hydrogens is 589 g/mol. The SMILES string of the molecule is CCCC1(c2ccccc2)C2C3=CC4CC5Cc6cc7c8c9c6c6c%10c9c9c%11c%12c%13c(c%14c3c(c%10c%14%11)=C4C65)C21CC%13CC1C=C(C7)C8C9C%121. The Balaban J connectivity index is 1.18. The van der Waals surface area contributed by atoms with Crippen LogP contribution in [0.15, 0.2) is 54.1 Å². The van der Waals surface area contributed by atoms with Gasteiger partial charge in [0.1, 0.15) is 0 Å². The van der Waals surface area contributed by atoms with Crippen molar-refractivity contribution >= 4 is 54.2 Å². The highest BCUT2D eigenvalue weighted by Crippen LogP contribution is 2.87. The summed E-state index contributed by atoms with van der Waals surface area (Å²) in [6, 6.07) is 14.9. The summed E-state index contributed by atoms with van der Waals surface area (Å²) in [5.74, 6) is 6.25. The summed E-state index contributed by atoms with van der Waals surface area (Å²) in [6.07, 6.45) is 15.3. The van der Waals surface area contributed by atoms with Crippen molar-refractivity contribution in [1.82, 2.24) is 0 Å². The minimum atomic E-state index is 0.240. The van der Waals surface area contributed by atoms with Crippen LogP contribution in [0.3, 0.4) is 0 Å². The zero-order valence-electron chi connectivity index (χ0n) is 27.8. The van der Waals surface area contributed by atoms with Crippen molar-refractivity contribution in [2.24, 2.45) is 23.7 Å². The maximum atomic E-state index is 2.97. The molecule has 0 aromatic heterocycles. The van der Waals surface area contributed by atoms with Crippen LogP contribution in [0.5, 0.6) is 0 Å². The molecule has 11 atom stereocenters. The average Bonchev–Trinajstić information content (AvgIpc) is 3.79. The molecular formula is C49H34. The van der Waals surface area contributed by atoms with Gasteiger partial charge < -0.3 is 0 Å². The van der Waals surface area contributed by atoms with Crippen molar-refractivity contribution in [3.8, 4) is 0 Å². The minimum absolute atomic E-state index is 0.240. The van der Waals surface area contributed by atoms with E-state index in [2.05, 4.69) is 55.5 Å². The predicted molar refractivity (Wildman–Crippen MR) is 196 cm³/mol. The molecule has 12 aliphatic carbocycles. The largest absolute Gasteiger partial charge is 0.0806 e. The predicted octanol–water partition coefficient (Wildman–Crippen LogP) is 10.2. The zero-order chi connectivity index (χ0) is 30.5. The molecule has 0 heteroatoms. The van der Waals surface area contributed by atoms with E-state index in [4.69, 9.17) is 0 Å². The quantitative estimate of drug-likeness (QED) is 0.172. The highest BCUT2D eigenvalue weighted by molar-refractivity contribution is 6.39. The first-order valence-electron chi connectivity index (χ1n) is 20.2. The van der Waals surface area contributed by atoms with E-state index in [1.54, 1.807) is 38.4 Å². The van der Waals surface area contributed by atoms with Gasteiger partial charge in [0.25, 0.3) is 0 Å². The van der Waals surface area contributed by atoms with E-state index < -0.39 is 0 Å². The summed E-state index contributed by atoms with van der Waals surface area (Å²) in [6.45, 7) is 2.49. The summed E-state index contributed by atoms with van der Waals surface area (Å²) >= 11 is 0. The Bertz CT molecular complexity index is 3040. The monoisotopic (exact) mass is 622 g/mol.